The number of carbonyl (C=O) groups is 2. The first-order valence-corrected chi connectivity index (χ1v) is 9.97. The molecule has 7 nitrogen and oxygen atoms in total. The second-order valence-electron chi connectivity index (χ2n) is 7.04. The van der Waals surface area contributed by atoms with Gasteiger partial charge >= 0.3 is 6.03 Å². The van der Waals surface area contributed by atoms with Crippen molar-refractivity contribution < 1.29 is 9.59 Å². The number of nitrogens with zero attached hydrogens (tertiary/aromatic N) is 4. The van der Waals surface area contributed by atoms with Crippen molar-refractivity contribution in [2.45, 2.75) is 11.3 Å². The van der Waals surface area contributed by atoms with E-state index in [-0.39, 0.29) is 24.3 Å². The van der Waals surface area contributed by atoms with E-state index in [1.54, 1.807) is 23.9 Å². The number of hydrogen-bond acceptors (Lipinski definition) is 5. The van der Waals surface area contributed by atoms with Gasteiger partial charge in [-0.1, -0.05) is 72.4 Å². The summed E-state index contributed by atoms with van der Waals surface area (Å²) in [6.45, 7) is 0. The predicted octanol–water partition coefficient (Wildman–Crippen LogP) is 2.56. The molecule has 3 amide bonds. The molecule has 3 aliphatic heterocycles. The monoisotopic (exact) mass is 429 g/mol. The molecule has 3 aliphatic rings. The Bertz CT molecular complexity index is 1000. The maximum absolute atomic E-state index is 13.3. The van der Waals surface area contributed by atoms with Crippen LogP contribution in [0.4, 0.5) is 4.79 Å². The Labute approximate surface area is 179 Å². The molecule has 2 atom stereocenters. The van der Waals surface area contributed by atoms with Gasteiger partial charge in [-0.25, -0.2) is 14.8 Å². The van der Waals surface area contributed by atoms with Gasteiger partial charge in [-0.2, -0.15) is 5.43 Å². The molecule has 2 fully saturated rings. The molecule has 5 rings (SSSR count). The lowest BCUT2D eigenvalue weighted by molar-refractivity contribution is -0.133. The van der Waals surface area contributed by atoms with Gasteiger partial charge in [-0.15, -0.1) is 12.4 Å². The number of carbonyl (C=O) groups excluding carboxylic acids is 2. The van der Waals surface area contributed by atoms with Gasteiger partial charge in [0.05, 0.1) is 5.75 Å². The predicted molar refractivity (Wildman–Crippen MR) is 114 cm³/mol. The van der Waals surface area contributed by atoms with Crippen molar-refractivity contribution in [1.29, 1.82) is 0 Å². The Balaban J connectivity index is 0.00000205. The average Bonchev–Trinajstić information content (AvgIpc) is 3.18. The van der Waals surface area contributed by atoms with Crippen molar-refractivity contribution in [3.63, 3.8) is 0 Å². The van der Waals surface area contributed by atoms with Gasteiger partial charge in [-0.05, 0) is 5.56 Å². The van der Waals surface area contributed by atoms with E-state index < -0.39 is 11.3 Å². The minimum Gasteiger partial charge on any atom is -0.299 e. The summed E-state index contributed by atoms with van der Waals surface area (Å²) in [5, 5.41) is 2.07. The maximum atomic E-state index is 13.3. The smallest absolute Gasteiger partial charge is 0.299 e. The molecule has 1 N–H and O–H groups in total. The minimum atomic E-state index is -1.08. The molecular weight excluding hydrogens is 410 g/mol. The SMILES string of the molecule is CN1C(=O)N(C)C2(c3ccccc3)NN3C(=O)CSC3=NC12c1ccccc1.Cl. The van der Waals surface area contributed by atoms with Gasteiger partial charge in [0, 0.05) is 19.7 Å². The lowest BCUT2D eigenvalue weighted by Crippen LogP contribution is -2.71. The summed E-state index contributed by atoms with van der Waals surface area (Å²) < 4.78 is 0. The number of aliphatic imine (C=N–C) groups is 1. The molecule has 0 radical (unpaired) electrons. The second kappa shape index (κ2) is 6.76. The van der Waals surface area contributed by atoms with Gasteiger partial charge in [0.15, 0.2) is 10.8 Å². The van der Waals surface area contributed by atoms with E-state index in [9.17, 15) is 9.59 Å². The number of halogens is 1. The van der Waals surface area contributed by atoms with Gasteiger partial charge in [0.1, 0.15) is 0 Å². The highest BCUT2D eigenvalue weighted by Crippen LogP contribution is 2.55. The van der Waals surface area contributed by atoms with Crippen LogP contribution in [0.2, 0.25) is 0 Å². The van der Waals surface area contributed by atoms with E-state index in [1.807, 2.05) is 60.7 Å². The van der Waals surface area contributed by atoms with Crippen LogP contribution in [0.3, 0.4) is 0 Å². The summed E-state index contributed by atoms with van der Waals surface area (Å²) in [7, 11) is 3.51. The Kier molecular flexibility index (Phi) is 4.60. The third kappa shape index (κ3) is 2.33. The van der Waals surface area contributed by atoms with Crippen LogP contribution in [0, 0.1) is 0 Å². The zero-order valence-corrected chi connectivity index (χ0v) is 17.5. The van der Waals surface area contributed by atoms with Crippen LogP contribution in [-0.2, 0) is 16.1 Å². The van der Waals surface area contributed by atoms with E-state index >= 15 is 0 Å². The first kappa shape index (κ1) is 19.8. The van der Waals surface area contributed by atoms with Crippen molar-refractivity contribution in [2.75, 3.05) is 19.8 Å². The molecule has 3 heterocycles. The Morgan fingerprint density at radius 1 is 0.931 bits per heavy atom. The third-order valence-corrected chi connectivity index (χ3v) is 6.65. The number of hydrogen-bond donors (Lipinski definition) is 1. The zero-order chi connectivity index (χ0) is 19.5. The number of amides is 3. The van der Waals surface area contributed by atoms with E-state index in [0.29, 0.717) is 10.9 Å². The van der Waals surface area contributed by atoms with Crippen LogP contribution in [0.5, 0.6) is 0 Å². The van der Waals surface area contributed by atoms with Crippen molar-refractivity contribution in [3.8, 4) is 0 Å². The first-order chi connectivity index (χ1) is 13.5. The molecule has 2 saturated heterocycles. The molecule has 0 saturated carbocycles. The maximum Gasteiger partial charge on any atom is 0.323 e. The van der Waals surface area contributed by atoms with Crippen LogP contribution in [0.25, 0.3) is 0 Å². The normalized spacial score (nSPS) is 28.1. The fourth-order valence-corrected chi connectivity index (χ4v) is 5.28. The van der Waals surface area contributed by atoms with Crippen LogP contribution < -0.4 is 5.43 Å². The van der Waals surface area contributed by atoms with E-state index in [2.05, 4.69) is 5.43 Å². The minimum absolute atomic E-state index is 0. The van der Waals surface area contributed by atoms with Crippen LogP contribution >= 0.6 is 24.2 Å². The summed E-state index contributed by atoms with van der Waals surface area (Å²) in [6, 6.07) is 19.3. The Hall–Kier alpha value is -2.55. The summed E-state index contributed by atoms with van der Waals surface area (Å²) in [6.07, 6.45) is 0. The molecule has 150 valence electrons. The average molecular weight is 430 g/mol. The summed E-state index contributed by atoms with van der Waals surface area (Å²) in [5.41, 5.74) is 2.99. The quantitative estimate of drug-likeness (QED) is 0.796. The van der Waals surface area contributed by atoms with Gasteiger partial charge < -0.3 is 0 Å². The molecule has 0 bridgehead atoms. The van der Waals surface area contributed by atoms with E-state index in [4.69, 9.17) is 4.99 Å². The number of rotatable bonds is 2. The lowest BCUT2D eigenvalue weighted by atomic mass is 9.80. The second-order valence-corrected chi connectivity index (χ2v) is 7.98. The van der Waals surface area contributed by atoms with Crippen LogP contribution in [0.1, 0.15) is 11.1 Å². The number of thioether (sulfide) groups is 1. The molecule has 0 aliphatic carbocycles. The molecule has 0 aromatic heterocycles. The summed E-state index contributed by atoms with van der Waals surface area (Å²) in [5.74, 6) is 0.249. The van der Waals surface area contributed by atoms with Crippen molar-refractivity contribution in [3.05, 3.63) is 71.8 Å². The Morgan fingerprint density at radius 3 is 2.14 bits per heavy atom. The first-order valence-electron chi connectivity index (χ1n) is 8.98. The summed E-state index contributed by atoms with van der Waals surface area (Å²) >= 11 is 1.38. The van der Waals surface area contributed by atoms with Crippen LogP contribution in [-0.4, -0.2) is 51.8 Å². The van der Waals surface area contributed by atoms with Gasteiger partial charge in [0.2, 0.25) is 5.66 Å². The number of nitrogens with one attached hydrogen (secondary N) is 1. The number of amidine groups is 1. The molecule has 0 spiro atoms. The van der Waals surface area contributed by atoms with Crippen LogP contribution in [0.15, 0.2) is 65.7 Å². The largest absolute Gasteiger partial charge is 0.323 e. The molecule has 2 aromatic carbocycles. The number of hydrazine groups is 1. The lowest BCUT2D eigenvalue weighted by Gasteiger charge is -2.51. The van der Waals surface area contributed by atoms with Gasteiger partial charge in [0.25, 0.3) is 5.91 Å². The number of likely N-dealkylation sites (N-methyl/N-ethyl adjacent to an activating group) is 2. The Morgan fingerprint density at radius 2 is 1.52 bits per heavy atom. The topological polar surface area (TPSA) is 68.2 Å². The van der Waals surface area contributed by atoms with Crippen molar-refractivity contribution in [2.24, 2.45) is 4.99 Å². The van der Waals surface area contributed by atoms with Crippen molar-refractivity contribution in [1.82, 2.24) is 20.2 Å². The third-order valence-electron chi connectivity index (χ3n) is 5.73. The number of urea groups is 1. The molecule has 2 aromatic rings. The fourth-order valence-electron chi connectivity index (χ4n) is 4.42. The molecular formula is C20H20ClN5O2S. The van der Waals surface area contributed by atoms with Crippen molar-refractivity contribution >= 4 is 41.3 Å². The standard InChI is InChI=1S/C20H19N5O2S.ClH/c1-23-18(27)24(2)20(15-11-7-4-8-12-15)19(23,14-9-5-3-6-10-14)21-17-25(22-20)16(26)13-28-17;/h3-12,22H,13H2,1-2H3;1H. The number of fused-ring (bicyclic) bond motifs is 2. The number of benzene rings is 2. The zero-order valence-electron chi connectivity index (χ0n) is 15.9. The molecule has 2 unspecified atom stereocenters. The van der Waals surface area contributed by atoms with E-state index in [0.717, 1.165) is 11.1 Å². The highest BCUT2D eigenvalue weighted by Gasteiger charge is 2.70. The highest BCUT2D eigenvalue weighted by atomic mass is 35.5. The summed E-state index contributed by atoms with van der Waals surface area (Å²) in [4.78, 5) is 34.2. The highest BCUT2D eigenvalue weighted by molar-refractivity contribution is 8.15. The molecule has 29 heavy (non-hydrogen) atoms. The van der Waals surface area contributed by atoms with Gasteiger partial charge in [-0.3, -0.25) is 14.6 Å². The van der Waals surface area contributed by atoms with E-state index in [1.165, 1.54) is 16.8 Å². The molecule has 9 heteroatoms. The fraction of sp³-hybridized carbons (Fsp3) is 0.250.